The van der Waals surface area contributed by atoms with Gasteiger partial charge in [0.2, 0.25) is 0 Å². The normalized spacial score (nSPS) is 16.0. The number of carbonyl (C=O) groups is 1. The van der Waals surface area contributed by atoms with Crippen LogP contribution in [0.25, 0.3) is 0 Å². The van der Waals surface area contributed by atoms with Crippen molar-refractivity contribution in [3.05, 3.63) is 23.8 Å². The van der Waals surface area contributed by atoms with Crippen molar-refractivity contribution in [1.29, 1.82) is 10.8 Å². The number of benzene rings is 1. The molecule has 1 aliphatic rings. The molecule has 1 aliphatic heterocycles. The lowest BCUT2D eigenvalue weighted by atomic mass is 9.80. The quantitative estimate of drug-likeness (QED) is 0.263. The molecule has 5 N–H and O–H groups in total. The number of nitrogens with two attached hydrogens (primary N) is 1. The summed E-state index contributed by atoms with van der Waals surface area (Å²) < 4.78 is 10.8. The fourth-order valence-corrected chi connectivity index (χ4v) is 2.80. The van der Waals surface area contributed by atoms with Crippen molar-refractivity contribution in [2.45, 2.75) is 26.7 Å². The van der Waals surface area contributed by atoms with Gasteiger partial charge in [-0.1, -0.05) is 0 Å². The molecule has 0 atom stereocenters. The van der Waals surface area contributed by atoms with Crippen LogP contribution in [0.1, 0.15) is 32.3 Å². The maximum atomic E-state index is 12.4. The molecule has 1 aromatic carbocycles. The maximum absolute atomic E-state index is 12.4. The topological polar surface area (TPSA) is 133 Å². The Morgan fingerprint density at radius 3 is 2.54 bits per heavy atom. The third-order valence-corrected chi connectivity index (χ3v) is 4.68. The molecule has 8 heteroatoms. The van der Waals surface area contributed by atoms with Crippen LogP contribution in [0.5, 0.6) is 11.5 Å². The zero-order valence-corrected chi connectivity index (χ0v) is 15.2. The van der Waals surface area contributed by atoms with E-state index in [0.717, 1.165) is 0 Å². The largest absolute Gasteiger partial charge is 0.504 e. The average Bonchev–Trinajstić information content (AvgIpc) is 2.60. The van der Waals surface area contributed by atoms with Crippen LogP contribution in [0.3, 0.4) is 0 Å². The van der Waals surface area contributed by atoms with Crippen molar-refractivity contribution in [1.82, 2.24) is 4.90 Å². The Morgan fingerprint density at radius 1 is 1.31 bits per heavy atom. The zero-order chi connectivity index (χ0) is 19.3. The first-order valence-electron chi connectivity index (χ1n) is 8.50. The number of hydrogen-bond donors (Lipinski definition) is 4. The van der Waals surface area contributed by atoms with E-state index in [1.807, 2.05) is 11.8 Å². The summed E-state index contributed by atoms with van der Waals surface area (Å²) in [4.78, 5) is 14.3. The van der Waals surface area contributed by atoms with E-state index in [9.17, 15) is 9.90 Å². The van der Waals surface area contributed by atoms with Gasteiger partial charge in [-0.3, -0.25) is 15.6 Å². The zero-order valence-electron chi connectivity index (χ0n) is 15.2. The van der Waals surface area contributed by atoms with Gasteiger partial charge in [0.25, 0.3) is 0 Å². The van der Waals surface area contributed by atoms with E-state index < -0.39 is 5.41 Å². The van der Waals surface area contributed by atoms with Crippen molar-refractivity contribution in [3.8, 4) is 11.5 Å². The number of hydrogen-bond acceptors (Lipinski definition) is 6. The molecule has 0 aliphatic carbocycles. The van der Waals surface area contributed by atoms with Gasteiger partial charge in [0.15, 0.2) is 11.5 Å². The number of nitrogens with zero attached hydrogens (tertiary/aromatic N) is 1. The number of ether oxygens (including phenoxy) is 2. The minimum Gasteiger partial charge on any atom is -0.504 e. The van der Waals surface area contributed by atoms with E-state index in [2.05, 4.69) is 0 Å². The Morgan fingerprint density at radius 2 is 1.96 bits per heavy atom. The second-order valence-corrected chi connectivity index (χ2v) is 6.71. The molecule has 1 fully saturated rings. The average molecular weight is 362 g/mol. The van der Waals surface area contributed by atoms with Crippen LogP contribution in [0.4, 0.5) is 0 Å². The Bertz CT molecular complexity index is 696. The first-order valence-corrected chi connectivity index (χ1v) is 8.50. The highest BCUT2D eigenvalue weighted by atomic mass is 16.6. The highest BCUT2D eigenvalue weighted by molar-refractivity contribution is 5.95. The summed E-state index contributed by atoms with van der Waals surface area (Å²) in [7, 11) is 0. The van der Waals surface area contributed by atoms with Gasteiger partial charge < -0.3 is 25.2 Å². The van der Waals surface area contributed by atoms with Gasteiger partial charge in [0.1, 0.15) is 19.0 Å². The van der Waals surface area contributed by atoms with E-state index in [1.54, 1.807) is 6.92 Å². The van der Waals surface area contributed by atoms with Gasteiger partial charge in [-0.15, -0.1) is 0 Å². The summed E-state index contributed by atoms with van der Waals surface area (Å²) in [6.45, 7) is 5.12. The van der Waals surface area contributed by atoms with Crippen LogP contribution in [0.2, 0.25) is 0 Å². The number of nitrogen functional groups attached to an aromatic ring is 1. The highest BCUT2D eigenvalue weighted by Crippen LogP contribution is 2.32. The summed E-state index contributed by atoms with van der Waals surface area (Å²) in [6, 6.07) is 4.39. The molecule has 2 rings (SSSR count). The number of carbonyl (C=O) groups excluding carboxylic acids is 1. The van der Waals surface area contributed by atoms with Crippen LogP contribution in [-0.4, -0.2) is 54.0 Å². The number of nitrogens with one attached hydrogen (secondary N) is 2. The smallest absolute Gasteiger partial charge is 0.312 e. The Hall–Kier alpha value is -2.77. The molecular weight excluding hydrogens is 336 g/mol. The molecular formula is C18H26N4O4. The maximum Gasteiger partial charge on any atom is 0.312 e. The number of piperidine rings is 1. The molecule has 8 nitrogen and oxygen atoms in total. The number of amidine groups is 2. The molecule has 26 heavy (non-hydrogen) atoms. The van der Waals surface area contributed by atoms with Crippen molar-refractivity contribution >= 4 is 17.6 Å². The molecule has 142 valence electrons. The molecule has 1 aromatic rings. The third-order valence-electron chi connectivity index (χ3n) is 4.68. The van der Waals surface area contributed by atoms with Gasteiger partial charge in [-0.05, 0) is 44.9 Å². The van der Waals surface area contributed by atoms with Gasteiger partial charge in [-0.2, -0.15) is 0 Å². The summed E-state index contributed by atoms with van der Waals surface area (Å²) >= 11 is 0. The molecule has 0 radical (unpaired) electrons. The lowest BCUT2D eigenvalue weighted by molar-refractivity contribution is -0.158. The van der Waals surface area contributed by atoms with E-state index in [-0.39, 0.29) is 36.5 Å². The van der Waals surface area contributed by atoms with E-state index >= 15 is 0 Å². The highest BCUT2D eigenvalue weighted by Gasteiger charge is 2.38. The first-order chi connectivity index (χ1) is 12.2. The van der Waals surface area contributed by atoms with Crippen LogP contribution < -0.4 is 10.5 Å². The van der Waals surface area contributed by atoms with E-state index in [1.165, 1.54) is 18.2 Å². The molecule has 0 spiro atoms. The predicted octanol–water partition coefficient (Wildman–Crippen LogP) is 1.70. The predicted molar refractivity (Wildman–Crippen MR) is 97.9 cm³/mol. The molecule has 1 heterocycles. The molecule has 0 amide bonds. The number of esters is 1. The molecule has 0 saturated carbocycles. The number of phenols is 1. The number of phenolic OH excluding ortho intramolecular Hbond substituents is 1. The number of rotatable bonds is 6. The van der Waals surface area contributed by atoms with Crippen LogP contribution in [-0.2, 0) is 9.53 Å². The number of aromatic hydroxyl groups is 1. The van der Waals surface area contributed by atoms with Crippen molar-refractivity contribution < 1.29 is 19.4 Å². The minimum absolute atomic E-state index is 0.0610. The molecule has 1 saturated heterocycles. The molecule has 0 aromatic heterocycles. The number of likely N-dealkylation sites (tertiary alicyclic amines) is 1. The minimum atomic E-state index is -0.553. The van der Waals surface area contributed by atoms with E-state index in [4.69, 9.17) is 26.0 Å². The van der Waals surface area contributed by atoms with Gasteiger partial charge in [0, 0.05) is 18.7 Å². The molecule has 0 unspecified atom stereocenters. The summed E-state index contributed by atoms with van der Waals surface area (Å²) in [5.74, 6) is 0.240. The Labute approximate surface area is 152 Å². The monoisotopic (exact) mass is 362 g/mol. The first kappa shape index (κ1) is 19.6. The standard InChI is InChI=1S/C18H26N4O4/c1-12(19)22-7-5-18(2,6-8-22)17(24)26-10-9-25-15-11-13(16(20)21)3-4-14(15)23/h3-4,11,19,23H,5-10H2,1-2H3,(H3,20,21). The second kappa shape index (κ2) is 8.07. The summed E-state index contributed by atoms with van der Waals surface area (Å²) in [5, 5.41) is 24.8. The summed E-state index contributed by atoms with van der Waals surface area (Å²) in [5.41, 5.74) is 5.30. The van der Waals surface area contributed by atoms with Gasteiger partial charge >= 0.3 is 5.97 Å². The van der Waals surface area contributed by atoms with E-state index in [0.29, 0.717) is 37.3 Å². The Kier molecular flexibility index (Phi) is 6.07. The van der Waals surface area contributed by atoms with Crippen molar-refractivity contribution in [2.24, 2.45) is 11.1 Å². The van der Waals surface area contributed by atoms with Crippen LogP contribution in [0.15, 0.2) is 18.2 Å². The van der Waals surface area contributed by atoms with Crippen LogP contribution >= 0.6 is 0 Å². The van der Waals surface area contributed by atoms with Crippen molar-refractivity contribution in [2.75, 3.05) is 26.3 Å². The van der Waals surface area contributed by atoms with Crippen molar-refractivity contribution in [3.63, 3.8) is 0 Å². The van der Waals surface area contributed by atoms with Gasteiger partial charge in [-0.25, -0.2) is 0 Å². The lowest BCUT2D eigenvalue weighted by Gasteiger charge is -2.38. The fourth-order valence-electron chi connectivity index (χ4n) is 2.80. The summed E-state index contributed by atoms with van der Waals surface area (Å²) in [6.07, 6.45) is 1.29. The Balaban J connectivity index is 1.81. The second-order valence-electron chi connectivity index (χ2n) is 6.71. The van der Waals surface area contributed by atoms with Gasteiger partial charge in [0.05, 0.1) is 11.3 Å². The SMILES string of the molecule is CC(=N)N1CCC(C)(C(=O)OCCOc2cc(C(=N)N)ccc2O)CC1. The fraction of sp³-hybridized carbons (Fsp3) is 0.500. The van der Waals surface area contributed by atoms with Crippen LogP contribution in [0, 0.1) is 16.2 Å². The lowest BCUT2D eigenvalue weighted by Crippen LogP contribution is -2.45. The molecule has 0 bridgehead atoms. The third kappa shape index (κ3) is 4.65.